The van der Waals surface area contributed by atoms with E-state index in [1.807, 2.05) is 0 Å². The highest BCUT2D eigenvalue weighted by Gasteiger charge is 2.31. The van der Waals surface area contributed by atoms with Gasteiger partial charge in [-0.05, 0) is 12.8 Å². The van der Waals surface area contributed by atoms with Crippen LogP contribution in [0.15, 0.2) is 18.7 Å². The van der Waals surface area contributed by atoms with Gasteiger partial charge >= 0.3 is 0 Å². The molecule has 0 bridgehead atoms. The number of nitrogens with zero attached hydrogens (tertiary/aromatic N) is 5. The number of hydrogen-bond donors (Lipinski definition) is 2. The van der Waals surface area contributed by atoms with Gasteiger partial charge in [-0.3, -0.25) is 5.10 Å². The van der Waals surface area contributed by atoms with Gasteiger partial charge in [0.1, 0.15) is 23.2 Å². The maximum absolute atomic E-state index is 5.42. The second-order valence-corrected chi connectivity index (χ2v) is 5.66. The summed E-state index contributed by atoms with van der Waals surface area (Å²) in [5.74, 6) is 1.54. The number of ether oxygens (including phenoxy) is 1. The molecule has 8 nitrogen and oxygen atoms in total. The van der Waals surface area contributed by atoms with Crippen LogP contribution in [0.3, 0.4) is 0 Å². The number of H-pyrrole nitrogens is 2. The van der Waals surface area contributed by atoms with Gasteiger partial charge in [-0.2, -0.15) is 5.10 Å². The van der Waals surface area contributed by atoms with E-state index in [2.05, 4.69) is 35.1 Å². The molecule has 0 spiro atoms. The van der Waals surface area contributed by atoms with Crippen molar-refractivity contribution >= 4 is 22.1 Å². The Morgan fingerprint density at radius 2 is 2.04 bits per heavy atom. The van der Waals surface area contributed by atoms with Crippen LogP contribution in [0.1, 0.15) is 24.5 Å². The van der Waals surface area contributed by atoms with Crippen molar-refractivity contribution in [1.29, 1.82) is 0 Å². The van der Waals surface area contributed by atoms with Crippen molar-refractivity contribution in [1.82, 2.24) is 35.1 Å². The monoisotopic (exact) mass is 307 g/mol. The van der Waals surface area contributed by atoms with Gasteiger partial charge in [0.15, 0.2) is 5.82 Å². The first-order valence-electron chi connectivity index (χ1n) is 7.42. The van der Waals surface area contributed by atoms with Crippen molar-refractivity contribution < 1.29 is 4.74 Å². The van der Waals surface area contributed by atoms with E-state index in [1.165, 1.54) is 6.33 Å². The molecule has 2 N–H and O–H groups in total. The summed E-state index contributed by atoms with van der Waals surface area (Å²) in [6.45, 7) is 0. The molecule has 0 unspecified atom stereocenters. The zero-order chi connectivity index (χ0) is 15.4. The van der Waals surface area contributed by atoms with Crippen LogP contribution in [-0.2, 0) is 0 Å². The Balaban J connectivity index is 1.76. The summed E-state index contributed by atoms with van der Waals surface area (Å²) in [7, 11) is 1.60. The van der Waals surface area contributed by atoms with Crippen LogP contribution in [0.2, 0.25) is 0 Å². The summed E-state index contributed by atoms with van der Waals surface area (Å²) in [4.78, 5) is 21.1. The molecule has 1 aliphatic carbocycles. The second kappa shape index (κ2) is 4.48. The zero-order valence-corrected chi connectivity index (χ0v) is 12.4. The molecule has 0 aliphatic heterocycles. The number of rotatable bonds is 3. The molecule has 23 heavy (non-hydrogen) atoms. The van der Waals surface area contributed by atoms with Gasteiger partial charge in [0, 0.05) is 22.9 Å². The maximum atomic E-state index is 5.42. The third-order valence-corrected chi connectivity index (χ3v) is 4.18. The Kier molecular flexibility index (Phi) is 2.44. The average Bonchev–Trinajstić information content (AvgIpc) is 3.23. The number of methoxy groups -OCH3 is 1. The lowest BCUT2D eigenvalue weighted by Gasteiger charge is -2.10. The summed E-state index contributed by atoms with van der Waals surface area (Å²) >= 11 is 0. The first-order valence-corrected chi connectivity index (χ1v) is 7.42. The smallest absolute Gasteiger partial charge is 0.227 e. The van der Waals surface area contributed by atoms with Crippen molar-refractivity contribution in [3.8, 4) is 17.3 Å². The number of fused-ring (bicyclic) bond motifs is 3. The molecule has 1 fully saturated rings. The molecule has 4 heterocycles. The molecule has 0 amide bonds. The van der Waals surface area contributed by atoms with Crippen LogP contribution in [0.25, 0.3) is 33.5 Å². The standard InChI is InChI=1S/C15H13N7O/c1-23-15-10(11(7-2-3-7)17-6-18-15)14-16-4-8-9-5-19-22-13(9)20-12(8)21-14/h4-7H,2-3H2,1H3,(H2,16,19,20,21,22). The van der Waals surface area contributed by atoms with Gasteiger partial charge in [-0.25, -0.2) is 19.9 Å². The molecule has 1 saturated carbocycles. The topological polar surface area (TPSA) is 105 Å². The van der Waals surface area contributed by atoms with E-state index in [0.717, 1.165) is 46.2 Å². The Labute approximate surface area is 130 Å². The molecular weight excluding hydrogens is 294 g/mol. The van der Waals surface area contributed by atoms with Crippen molar-refractivity contribution in [3.05, 3.63) is 24.4 Å². The molecule has 0 aromatic carbocycles. The first-order chi connectivity index (χ1) is 11.3. The fourth-order valence-corrected chi connectivity index (χ4v) is 2.91. The van der Waals surface area contributed by atoms with Crippen molar-refractivity contribution in [2.75, 3.05) is 7.11 Å². The normalized spacial score (nSPS) is 14.7. The number of aromatic nitrogens is 7. The summed E-state index contributed by atoms with van der Waals surface area (Å²) in [6, 6.07) is 0. The molecule has 5 rings (SSSR count). The SMILES string of the molecule is COc1ncnc(C2CC2)c1-c1ncc2c(n1)[nH]c1[nH]ncc12. The average molecular weight is 307 g/mol. The molecule has 0 radical (unpaired) electrons. The fraction of sp³-hybridized carbons (Fsp3) is 0.267. The molecule has 4 aromatic rings. The summed E-state index contributed by atoms with van der Waals surface area (Å²) < 4.78 is 5.42. The Bertz CT molecular complexity index is 1030. The van der Waals surface area contributed by atoms with Gasteiger partial charge in [0.05, 0.1) is 19.0 Å². The van der Waals surface area contributed by atoms with Crippen molar-refractivity contribution in [3.63, 3.8) is 0 Å². The molecule has 0 saturated heterocycles. The molecule has 114 valence electrons. The third kappa shape index (κ3) is 1.81. The minimum atomic E-state index is 0.448. The summed E-state index contributed by atoms with van der Waals surface area (Å²) in [6.07, 6.45) is 7.37. The highest BCUT2D eigenvalue weighted by atomic mass is 16.5. The van der Waals surface area contributed by atoms with Gasteiger partial charge < -0.3 is 9.72 Å². The second-order valence-electron chi connectivity index (χ2n) is 5.66. The number of aromatic amines is 2. The highest BCUT2D eigenvalue weighted by Crippen LogP contribution is 2.44. The summed E-state index contributed by atoms with van der Waals surface area (Å²) in [5, 5.41) is 8.83. The van der Waals surface area contributed by atoms with E-state index in [4.69, 9.17) is 4.74 Å². The summed E-state index contributed by atoms with van der Waals surface area (Å²) in [5.41, 5.74) is 3.35. The lowest BCUT2D eigenvalue weighted by molar-refractivity contribution is 0.397. The highest BCUT2D eigenvalue weighted by molar-refractivity contribution is 6.04. The van der Waals surface area contributed by atoms with E-state index in [9.17, 15) is 0 Å². The molecule has 1 aliphatic rings. The van der Waals surface area contributed by atoms with Crippen molar-refractivity contribution in [2.24, 2.45) is 0 Å². The number of hydrogen-bond acceptors (Lipinski definition) is 6. The Morgan fingerprint density at radius 3 is 2.87 bits per heavy atom. The van der Waals surface area contributed by atoms with E-state index in [1.54, 1.807) is 19.5 Å². The molecule has 0 atom stereocenters. The predicted molar refractivity (Wildman–Crippen MR) is 83.1 cm³/mol. The quantitative estimate of drug-likeness (QED) is 0.601. The lowest BCUT2D eigenvalue weighted by atomic mass is 10.1. The first kappa shape index (κ1) is 12.5. The lowest BCUT2D eigenvalue weighted by Crippen LogP contribution is -2.02. The van der Waals surface area contributed by atoms with Crippen LogP contribution in [0.5, 0.6) is 5.88 Å². The molecule has 4 aromatic heterocycles. The van der Waals surface area contributed by atoms with Crippen LogP contribution in [0, 0.1) is 0 Å². The fourth-order valence-electron chi connectivity index (χ4n) is 2.91. The Morgan fingerprint density at radius 1 is 1.13 bits per heavy atom. The number of nitrogens with one attached hydrogen (secondary N) is 2. The third-order valence-electron chi connectivity index (χ3n) is 4.18. The predicted octanol–water partition coefficient (Wildman–Crippen LogP) is 2.18. The van der Waals surface area contributed by atoms with Gasteiger partial charge in [0.25, 0.3) is 0 Å². The van der Waals surface area contributed by atoms with E-state index in [0.29, 0.717) is 17.6 Å². The van der Waals surface area contributed by atoms with Gasteiger partial charge in [0.2, 0.25) is 5.88 Å². The largest absolute Gasteiger partial charge is 0.480 e. The van der Waals surface area contributed by atoms with Crippen LogP contribution in [0.4, 0.5) is 0 Å². The molecular formula is C15H13N7O. The van der Waals surface area contributed by atoms with Crippen LogP contribution < -0.4 is 4.74 Å². The maximum Gasteiger partial charge on any atom is 0.227 e. The van der Waals surface area contributed by atoms with Gasteiger partial charge in [-0.15, -0.1) is 0 Å². The van der Waals surface area contributed by atoms with E-state index >= 15 is 0 Å². The minimum Gasteiger partial charge on any atom is -0.480 e. The molecule has 8 heteroatoms. The minimum absolute atomic E-state index is 0.448. The van der Waals surface area contributed by atoms with Gasteiger partial charge in [-0.1, -0.05) is 0 Å². The zero-order valence-electron chi connectivity index (χ0n) is 12.4. The van der Waals surface area contributed by atoms with E-state index < -0.39 is 0 Å². The van der Waals surface area contributed by atoms with Crippen LogP contribution >= 0.6 is 0 Å². The van der Waals surface area contributed by atoms with Crippen molar-refractivity contribution in [2.45, 2.75) is 18.8 Å². The van der Waals surface area contributed by atoms with Crippen LogP contribution in [-0.4, -0.2) is 42.2 Å². The Hall–Kier alpha value is -3.03. The van der Waals surface area contributed by atoms with E-state index in [-0.39, 0.29) is 0 Å².